The molecule has 0 atom stereocenters. The monoisotopic (exact) mass is 120 g/mol. The second-order valence-corrected chi connectivity index (χ2v) is 1.09. The van der Waals surface area contributed by atoms with Crippen molar-refractivity contribution < 1.29 is 10.6 Å². The predicted octanol–water partition coefficient (Wildman–Crippen LogP) is -1.35. The standard InChI is InChI=1S/C3H8O.Ca.H2O.2H/c1-3(2)4;;;;/h3-4H,1-2H3;;1H2;;. The molecular weight excluding hydrogens is 108 g/mol. The molecular formula is C3H12CaO2. The van der Waals surface area contributed by atoms with Gasteiger partial charge in [-0.25, -0.2) is 0 Å². The molecule has 0 saturated heterocycles. The van der Waals surface area contributed by atoms with Crippen LogP contribution in [-0.2, 0) is 0 Å². The van der Waals surface area contributed by atoms with Crippen LogP contribution in [0, 0.1) is 0 Å². The molecule has 0 radical (unpaired) electrons. The van der Waals surface area contributed by atoms with Crippen LogP contribution in [0.3, 0.4) is 0 Å². The van der Waals surface area contributed by atoms with E-state index in [0.29, 0.717) is 0 Å². The molecule has 0 rings (SSSR count). The van der Waals surface area contributed by atoms with E-state index in [1.807, 2.05) is 0 Å². The Morgan fingerprint density at radius 1 is 1.33 bits per heavy atom. The summed E-state index contributed by atoms with van der Waals surface area (Å²) in [5.74, 6) is 0. The number of aliphatic hydroxyl groups is 1. The molecule has 0 aromatic heterocycles. The maximum atomic E-state index is 8.06. The van der Waals surface area contributed by atoms with E-state index >= 15 is 0 Å². The van der Waals surface area contributed by atoms with Gasteiger partial charge in [-0.3, -0.25) is 0 Å². The third kappa shape index (κ3) is 65.0. The van der Waals surface area contributed by atoms with Gasteiger partial charge < -0.3 is 10.6 Å². The third-order valence-corrected chi connectivity index (χ3v) is 0. The summed E-state index contributed by atoms with van der Waals surface area (Å²) in [7, 11) is 0. The SMILES string of the molecule is CC(C)O.O.[CaH2]. The second-order valence-electron chi connectivity index (χ2n) is 1.09. The topological polar surface area (TPSA) is 51.7 Å². The van der Waals surface area contributed by atoms with E-state index in [-0.39, 0.29) is 49.3 Å². The summed E-state index contributed by atoms with van der Waals surface area (Å²) in [5.41, 5.74) is 0. The zero-order valence-corrected chi connectivity index (χ0v) is 3.52. The Morgan fingerprint density at radius 2 is 1.33 bits per heavy atom. The first-order valence-electron chi connectivity index (χ1n) is 1.41. The van der Waals surface area contributed by atoms with Gasteiger partial charge >= 0.3 is 37.7 Å². The van der Waals surface area contributed by atoms with Crippen LogP contribution in [0.1, 0.15) is 13.8 Å². The first kappa shape index (κ1) is 15.7. The van der Waals surface area contributed by atoms with E-state index in [4.69, 9.17) is 5.11 Å². The molecule has 0 spiro atoms. The molecule has 38 valence electrons. The molecule has 3 heteroatoms. The van der Waals surface area contributed by atoms with Crippen LogP contribution in [0.4, 0.5) is 0 Å². The van der Waals surface area contributed by atoms with Gasteiger partial charge in [0.15, 0.2) is 0 Å². The van der Waals surface area contributed by atoms with Gasteiger partial charge in [-0.05, 0) is 13.8 Å². The van der Waals surface area contributed by atoms with Crippen molar-refractivity contribution in [1.82, 2.24) is 0 Å². The molecule has 0 amide bonds. The van der Waals surface area contributed by atoms with Crippen molar-refractivity contribution >= 4 is 37.7 Å². The van der Waals surface area contributed by atoms with Gasteiger partial charge in [0.05, 0.1) is 0 Å². The zero-order chi connectivity index (χ0) is 3.58. The zero-order valence-electron chi connectivity index (χ0n) is 3.52. The Labute approximate surface area is 67.9 Å². The van der Waals surface area contributed by atoms with E-state index in [9.17, 15) is 0 Å². The van der Waals surface area contributed by atoms with Gasteiger partial charge in [0, 0.05) is 6.10 Å². The summed E-state index contributed by atoms with van der Waals surface area (Å²) < 4.78 is 0. The average Bonchev–Trinajstić information content (AvgIpc) is 0.811. The Bertz CT molecular complexity index is 13.5. The quantitative estimate of drug-likeness (QED) is 0.395. The van der Waals surface area contributed by atoms with Gasteiger partial charge in [0.2, 0.25) is 0 Å². The van der Waals surface area contributed by atoms with Gasteiger partial charge in [0.1, 0.15) is 0 Å². The molecule has 0 heterocycles. The number of aliphatic hydroxyl groups excluding tert-OH is 1. The molecule has 0 aromatic carbocycles. The van der Waals surface area contributed by atoms with Crippen LogP contribution >= 0.6 is 0 Å². The summed E-state index contributed by atoms with van der Waals surface area (Å²) in [6.45, 7) is 3.44. The average molecular weight is 120 g/mol. The molecule has 0 fully saturated rings. The summed E-state index contributed by atoms with van der Waals surface area (Å²) >= 11 is 0. The van der Waals surface area contributed by atoms with E-state index in [1.165, 1.54) is 0 Å². The van der Waals surface area contributed by atoms with Crippen molar-refractivity contribution in [2.24, 2.45) is 0 Å². The fraction of sp³-hybridized carbons (Fsp3) is 1.00. The molecule has 0 aliphatic carbocycles. The number of hydrogen-bond donors (Lipinski definition) is 1. The van der Waals surface area contributed by atoms with Gasteiger partial charge in [-0.15, -0.1) is 0 Å². The molecule has 0 saturated carbocycles. The van der Waals surface area contributed by atoms with Gasteiger partial charge in [-0.1, -0.05) is 0 Å². The van der Waals surface area contributed by atoms with Gasteiger partial charge in [-0.2, -0.15) is 0 Å². The Balaban J connectivity index is -0.0000000450. The van der Waals surface area contributed by atoms with Crippen LogP contribution in [-0.4, -0.2) is 54.4 Å². The van der Waals surface area contributed by atoms with E-state index in [0.717, 1.165) is 0 Å². The molecule has 0 bridgehead atoms. The number of hydrogen-bond acceptors (Lipinski definition) is 1. The number of rotatable bonds is 0. The molecule has 3 N–H and O–H groups in total. The molecule has 2 nitrogen and oxygen atoms in total. The van der Waals surface area contributed by atoms with Crippen LogP contribution in [0.2, 0.25) is 0 Å². The van der Waals surface area contributed by atoms with Gasteiger partial charge in [0.25, 0.3) is 0 Å². The third-order valence-electron chi connectivity index (χ3n) is 0. The predicted molar refractivity (Wildman–Crippen MR) is 29.5 cm³/mol. The maximum absolute atomic E-state index is 8.06. The van der Waals surface area contributed by atoms with Crippen molar-refractivity contribution in [2.75, 3.05) is 0 Å². The Kier molecular flexibility index (Phi) is 24.8. The molecule has 0 aliphatic rings. The van der Waals surface area contributed by atoms with Crippen LogP contribution in [0.15, 0.2) is 0 Å². The molecule has 6 heavy (non-hydrogen) atoms. The minimum absolute atomic E-state index is 0. The van der Waals surface area contributed by atoms with Crippen LogP contribution in [0.5, 0.6) is 0 Å². The van der Waals surface area contributed by atoms with Crippen molar-refractivity contribution in [3.05, 3.63) is 0 Å². The fourth-order valence-corrected chi connectivity index (χ4v) is 0. The van der Waals surface area contributed by atoms with Crippen molar-refractivity contribution in [3.8, 4) is 0 Å². The summed E-state index contributed by atoms with van der Waals surface area (Å²) in [5, 5.41) is 8.06. The Morgan fingerprint density at radius 3 is 1.33 bits per heavy atom. The van der Waals surface area contributed by atoms with E-state index < -0.39 is 0 Å². The van der Waals surface area contributed by atoms with E-state index in [2.05, 4.69) is 0 Å². The van der Waals surface area contributed by atoms with Crippen LogP contribution < -0.4 is 0 Å². The first-order valence-corrected chi connectivity index (χ1v) is 1.41. The molecule has 0 unspecified atom stereocenters. The van der Waals surface area contributed by atoms with Crippen LogP contribution in [0.25, 0.3) is 0 Å². The van der Waals surface area contributed by atoms with Crippen molar-refractivity contribution in [2.45, 2.75) is 20.0 Å². The van der Waals surface area contributed by atoms with E-state index in [1.54, 1.807) is 13.8 Å². The second kappa shape index (κ2) is 9.49. The van der Waals surface area contributed by atoms with Crippen molar-refractivity contribution in [1.29, 1.82) is 0 Å². The Hall–Kier alpha value is 1.18. The summed E-state index contributed by atoms with van der Waals surface area (Å²) in [6, 6.07) is 0. The summed E-state index contributed by atoms with van der Waals surface area (Å²) in [4.78, 5) is 0. The fourth-order valence-electron chi connectivity index (χ4n) is 0. The van der Waals surface area contributed by atoms with Crippen molar-refractivity contribution in [3.63, 3.8) is 0 Å². The minimum atomic E-state index is -0.167. The summed E-state index contributed by atoms with van der Waals surface area (Å²) in [6.07, 6.45) is -0.167. The molecule has 0 aromatic rings. The first-order chi connectivity index (χ1) is 1.73. The molecule has 0 aliphatic heterocycles. The normalized spacial score (nSPS) is 6.00.